The smallest absolute Gasteiger partial charge is 0.191 e. The van der Waals surface area contributed by atoms with Crippen LogP contribution in [-0.2, 0) is 0 Å². The van der Waals surface area contributed by atoms with E-state index >= 15 is 0 Å². The third-order valence-corrected chi connectivity index (χ3v) is 1.99. The van der Waals surface area contributed by atoms with Gasteiger partial charge >= 0.3 is 0 Å². The molecule has 0 amide bonds. The van der Waals surface area contributed by atoms with Crippen molar-refractivity contribution in [1.82, 2.24) is 0 Å². The highest BCUT2D eigenvalue weighted by Crippen LogP contribution is 2.23. The van der Waals surface area contributed by atoms with Crippen molar-refractivity contribution in [3.63, 3.8) is 0 Å². The van der Waals surface area contributed by atoms with E-state index in [2.05, 4.69) is 18.8 Å². The first-order valence-electron chi connectivity index (χ1n) is 5.32. The number of aryl methyl sites for hydroxylation is 1. The van der Waals surface area contributed by atoms with Crippen molar-refractivity contribution in [2.24, 2.45) is 22.4 Å². The van der Waals surface area contributed by atoms with Crippen LogP contribution in [0.15, 0.2) is 23.2 Å². The zero-order chi connectivity index (χ0) is 12.1. The molecule has 0 saturated carbocycles. The normalized spacial score (nSPS) is 10.2. The number of ether oxygens (including phenoxy) is 1. The molecule has 0 bridgehead atoms. The van der Waals surface area contributed by atoms with Crippen LogP contribution < -0.4 is 16.2 Å². The van der Waals surface area contributed by atoms with Crippen LogP contribution in [0.3, 0.4) is 0 Å². The lowest BCUT2D eigenvalue weighted by atomic mass is 10.2. The van der Waals surface area contributed by atoms with Crippen LogP contribution in [0.25, 0.3) is 0 Å². The predicted octanol–water partition coefficient (Wildman–Crippen LogP) is 1.93. The Morgan fingerprint density at radius 1 is 1.38 bits per heavy atom. The Hall–Kier alpha value is -1.71. The zero-order valence-corrected chi connectivity index (χ0v) is 10.0. The van der Waals surface area contributed by atoms with Crippen molar-refractivity contribution >= 4 is 11.6 Å². The van der Waals surface area contributed by atoms with E-state index in [9.17, 15) is 0 Å². The van der Waals surface area contributed by atoms with Crippen LogP contribution >= 0.6 is 0 Å². The van der Waals surface area contributed by atoms with Gasteiger partial charge in [-0.2, -0.15) is 0 Å². The molecule has 0 radical (unpaired) electrons. The van der Waals surface area contributed by atoms with E-state index in [1.807, 2.05) is 25.1 Å². The van der Waals surface area contributed by atoms with Crippen molar-refractivity contribution in [3.05, 3.63) is 23.8 Å². The standard InChI is InChI=1S/C12H19N3O/c1-8(2)7-16-11-5-4-10(6-9(11)3)15-12(13)14/h4-6,8H,7H2,1-3H3,(H4,13,14,15). The number of hydrogen-bond acceptors (Lipinski definition) is 2. The molecule has 16 heavy (non-hydrogen) atoms. The number of aliphatic imine (C=N–C) groups is 1. The Labute approximate surface area is 96.3 Å². The third kappa shape index (κ3) is 3.81. The number of guanidine groups is 1. The van der Waals surface area contributed by atoms with Crippen molar-refractivity contribution in [1.29, 1.82) is 0 Å². The topological polar surface area (TPSA) is 73.6 Å². The van der Waals surface area contributed by atoms with E-state index in [-0.39, 0.29) is 5.96 Å². The number of nitrogens with two attached hydrogens (primary N) is 2. The van der Waals surface area contributed by atoms with Gasteiger partial charge in [-0.25, -0.2) is 4.99 Å². The molecule has 0 aliphatic heterocycles. The van der Waals surface area contributed by atoms with E-state index in [1.54, 1.807) is 0 Å². The Bertz CT molecular complexity index is 382. The zero-order valence-electron chi connectivity index (χ0n) is 10.0. The van der Waals surface area contributed by atoms with Crippen molar-refractivity contribution in [2.45, 2.75) is 20.8 Å². The predicted molar refractivity (Wildman–Crippen MR) is 67.0 cm³/mol. The average Bonchev–Trinajstić information content (AvgIpc) is 2.15. The molecule has 88 valence electrons. The summed E-state index contributed by atoms with van der Waals surface area (Å²) in [5.74, 6) is 1.45. The summed E-state index contributed by atoms with van der Waals surface area (Å²) in [6.07, 6.45) is 0. The molecular formula is C12H19N3O. The lowest BCUT2D eigenvalue weighted by molar-refractivity contribution is 0.269. The molecule has 0 saturated heterocycles. The second-order valence-electron chi connectivity index (χ2n) is 4.19. The van der Waals surface area contributed by atoms with Crippen LogP contribution in [-0.4, -0.2) is 12.6 Å². The number of benzene rings is 1. The fraction of sp³-hybridized carbons (Fsp3) is 0.417. The maximum Gasteiger partial charge on any atom is 0.191 e. The summed E-state index contributed by atoms with van der Waals surface area (Å²) < 4.78 is 5.65. The van der Waals surface area contributed by atoms with Gasteiger partial charge in [0.15, 0.2) is 5.96 Å². The second kappa shape index (κ2) is 5.39. The molecule has 4 N–H and O–H groups in total. The SMILES string of the molecule is Cc1cc(N=C(N)N)ccc1OCC(C)C. The summed E-state index contributed by atoms with van der Waals surface area (Å²) in [6, 6.07) is 5.62. The van der Waals surface area contributed by atoms with Gasteiger partial charge in [0, 0.05) is 0 Å². The Kier molecular flexibility index (Phi) is 4.17. The Morgan fingerprint density at radius 2 is 2.06 bits per heavy atom. The molecule has 1 rings (SSSR count). The molecule has 0 unspecified atom stereocenters. The molecule has 1 aromatic carbocycles. The molecule has 0 spiro atoms. The minimum atomic E-state index is 0.0650. The van der Waals surface area contributed by atoms with E-state index in [4.69, 9.17) is 16.2 Å². The molecular weight excluding hydrogens is 202 g/mol. The molecule has 0 atom stereocenters. The largest absolute Gasteiger partial charge is 0.493 e. The number of rotatable bonds is 4. The molecule has 4 heteroatoms. The maximum atomic E-state index is 5.65. The minimum absolute atomic E-state index is 0.0650. The van der Waals surface area contributed by atoms with Crippen LogP contribution in [0.2, 0.25) is 0 Å². The fourth-order valence-electron chi connectivity index (χ4n) is 1.27. The lowest BCUT2D eigenvalue weighted by Crippen LogP contribution is -2.21. The summed E-state index contributed by atoms with van der Waals surface area (Å²) >= 11 is 0. The van der Waals surface area contributed by atoms with Gasteiger partial charge in [0.2, 0.25) is 0 Å². The van der Waals surface area contributed by atoms with Gasteiger partial charge in [-0.3, -0.25) is 0 Å². The Morgan fingerprint density at radius 3 is 2.56 bits per heavy atom. The first-order valence-corrected chi connectivity index (χ1v) is 5.32. The van der Waals surface area contributed by atoms with Gasteiger partial charge in [0.25, 0.3) is 0 Å². The van der Waals surface area contributed by atoms with Gasteiger partial charge in [-0.1, -0.05) is 13.8 Å². The van der Waals surface area contributed by atoms with Gasteiger partial charge in [0.1, 0.15) is 5.75 Å². The summed E-state index contributed by atoms with van der Waals surface area (Å²) in [6.45, 7) is 6.91. The fourth-order valence-corrected chi connectivity index (χ4v) is 1.27. The highest BCUT2D eigenvalue weighted by Gasteiger charge is 2.02. The molecule has 0 aliphatic rings. The molecule has 0 heterocycles. The van der Waals surface area contributed by atoms with Crippen molar-refractivity contribution < 1.29 is 4.74 Å². The van der Waals surface area contributed by atoms with Crippen LogP contribution in [0, 0.1) is 12.8 Å². The van der Waals surface area contributed by atoms with E-state index in [0.29, 0.717) is 12.5 Å². The highest BCUT2D eigenvalue weighted by atomic mass is 16.5. The van der Waals surface area contributed by atoms with E-state index < -0.39 is 0 Å². The third-order valence-electron chi connectivity index (χ3n) is 1.99. The number of hydrogen-bond donors (Lipinski definition) is 2. The van der Waals surface area contributed by atoms with E-state index in [0.717, 1.165) is 17.0 Å². The maximum absolute atomic E-state index is 5.65. The first kappa shape index (κ1) is 12.4. The van der Waals surface area contributed by atoms with E-state index in [1.165, 1.54) is 0 Å². The number of nitrogens with zero attached hydrogens (tertiary/aromatic N) is 1. The van der Waals surface area contributed by atoms with Crippen LogP contribution in [0.1, 0.15) is 19.4 Å². The monoisotopic (exact) mass is 221 g/mol. The van der Waals surface area contributed by atoms with Gasteiger partial charge < -0.3 is 16.2 Å². The summed E-state index contributed by atoms with van der Waals surface area (Å²) in [5, 5.41) is 0. The van der Waals surface area contributed by atoms with Gasteiger partial charge in [0.05, 0.1) is 12.3 Å². The second-order valence-corrected chi connectivity index (χ2v) is 4.19. The Balaban J connectivity index is 2.79. The molecule has 4 nitrogen and oxygen atoms in total. The summed E-state index contributed by atoms with van der Waals surface area (Å²) in [7, 11) is 0. The van der Waals surface area contributed by atoms with Crippen LogP contribution in [0.5, 0.6) is 5.75 Å². The molecule has 0 aromatic heterocycles. The van der Waals surface area contributed by atoms with Gasteiger partial charge in [-0.15, -0.1) is 0 Å². The van der Waals surface area contributed by atoms with Crippen LogP contribution in [0.4, 0.5) is 5.69 Å². The van der Waals surface area contributed by atoms with Crippen molar-refractivity contribution in [3.8, 4) is 5.75 Å². The van der Waals surface area contributed by atoms with Gasteiger partial charge in [-0.05, 0) is 36.6 Å². The lowest BCUT2D eigenvalue weighted by Gasteiger charge is -2.11. The molecule has 0 fully saturated rings. The first-order chi connectivity index (χ1) is 7.49. The quantitative estimate of drug-likeness (QED) is 0.602. The molecule has 0 aliphatic carbocycles. The highest BCUT2D eigenvalue weighted by molar-refractivity contribution is 5.79. The average molecular weight is 221 g/mol. The van der Waals surface area contributed by atoms with Crippen molar-refractivity contribution in [2.75, 3.05) is 6.61 Å². The summed E-state index contributed by atoms with van der Waals surface area (Å²) in [5.41, 5.74) is 12.4. The summed E-state index contributed by atoms with van der Waals surface area (Å²) in [4.78, 5) is 3.97. The molecule has 1 aromatic rings. The minimum Gasteiger partial charge on any atom is -0.493 e.